The maximum Gasteiger partial charge on any atom is 0.264 e. The maximum atomic E-state index is 12.8. The molecule has 0 bridgehead atoms. The predicted octanol–water partition coefficient (Wildman–Crippen LogP) is 4.28. The summed E-state index contributed by atoms with van der Waals surface area (Å²) in [5.41, 5.74) is 3.58. The number of rotatable bonds is 8. The SMILES string of the molecule is CCC(Sc1nc2ccccc2[nH]1)C(=O)Nc1ccc(S(=O)(=O)Nc2nc(C)cc(C)n2)cc1. The number of anilines is 2. The van der Waals surface area contributed by atoms with Crippen molar-refractivity contribution < 1.29 is 13.2 Å². The van der Waals surface area contributed by atoms with Crippen LogP contribution in [0.25, 0.3) is 11.0 Å². The van der Waals surface area contributed by atoms with Crippen LogP contribution in [0.4, 0.5) is 11.6 Å². The second-order valence-electron chi connectivity index (χ2n) is 7.67. The number of amides is 1. The Morgan fingerprint density at radius 1 is 1.03 bits per heavy atom. The molecule has 0 spiro atoms. The number of nitrogens with one attached hydrogen (secondary N) is 3. The number of aryl methyl sites for hydroxylation is 2. The molecule has 11 heteroatoms. The van der Waals surface area contributed by atoms with Gasteiger partial charge in [0.25, 0.3) is 10.0 Å². The molecule has 0 aliphatic carbocycles. The second kappa shape index (κ2) is 9.82. The number of H-pyrrole nitrogens is 1. The molecule has 176 valence electrons. The van der Waals surface area contributed by atoms with Crippen molar-refractivity contribution in [2.45, 2.75) is 42.5 Å². The van der Waals surface area contributed by atoms with Gasteiger partial charge in [-0.15, -0.1) is 0 Å². The van der Waals surface area contributed by atoms with Crippen molar-refractivity contribution in [3.05, 3.63) is 66.0 Å². The molecule has 9 nitrogen and oxygen atoms in total. The lowest BCUT2D eigenvalue weighted by Crippen LogP contribution is -2.24. The molecule has 1 atom stereocenters. The first kappa shape index (κ1) is 23.7. The Labute approximate surface area is 201 Å². The number of carbonyl (C=O) groups is 1. The third-order valence-corrected chi connectivity index (χ3v) is 7.52. The average Bonchev–Trinajstić information content (AvgIpc) is 3.19. The van der Waals surface area contributed by atoms with Crippen molar-refractivity contribution in [1.29, 1.82) is 0 Å². The molecule has 0 aliphatic heterocycles. The molecule has 2 heterocycles. The van der Waals surface area contributed by atoms with Gasteiger partial charge >= 0.3 is 0 Å². The predicted molar refractivity (Wildman–Crippen MR) is 133 cm³/mol. The quantitative estimate of drug-likeness (QED) is 0.310. The summed E-state index contributed by atoms with van der Waals surface area (Å²) in [6.07, 6.45) is 0.597. The highest BCUT2D eigenvalue weighted by molar-refractivity contribution is 8.00. The van der Waals surface area contributed by atoms with Gasteiger partial charge in [0.1, 0.15) is 0 Å². The third kappa shape index (κ3) is 5.54. The summed E-state index contributed by atoms with van der Waals surface area (Å²) in [5, 5.41) is 3.15. The lowest BCUT2D eigenvalue weighted by atomic mass is 10.3. The van der Waals surface area contributed by atoms with Crippen LogP contribution in [-0.4, -0.2) is 39.5 Å². The van der Waals surface area contributed by atoms with Crippen LogP contribution in [0.15, 0.2) is 64.6 Å². The van der Waals surface area contributed by atoms with Crippen molar-refractivity contribution in [2.75, 3.05) is 10.0 Å². The van der Waals surface area contributed by atoms with Gasteiger partial charge in [-0.3, -0.25) is 4.79 Å². The fourth-order valence-corrected chi connectivity index (χ4v) is 5.20. The standard InChI is InChI=1S/C23H24N6O3S2/c1-4-20(33-23-27-18-7-5-6-8-19(18)28-23)21(30)26-16-9-11-17(12-10-16)34(31,32)29-22-24-14(2)13-15(3)25-22/h5-13,20H,4H2,1-3H3,(H,26,30)(H,27,28)(H,24,25,29). The Bertz CT molecular complexity index is 1380. The zero-order valence-corrected chi connectivity index (χ0v) is 20.5. The number of aromatic amines is 1. The van der Waals surface area contributed by atoms with Crippen LogP contribution < -0.4 is 10.0 Å². The van der Waals surface area contributed by atoms with Crippen LogP contribution in [0.5, 0.6) is 0 Å². The Hall–Kier alpha value is -3.44. The van der Waals surface area contributed by atoms with E-state index in [2.05, 4.69) is 30.0 Å². The molecule has 2 aromatic heterocycles. The summed E-state index contributed by atoms with van der Waals surface area (Å²) < 4.78 is 27.8. The number of imidazole rings is 1. The first-order chi connectivity index (χ1) is 16.2. The number of nitrogens with zero attached hydrogens (tertiary/aromatic N) is 3. The van der Waals surface area contributed by atoms with E-state index in [-0.39, 0.29) is 22.0 Å². The van der Waals surface area contributed by atoms with Crippen molar-refractivity contribution in [2.24, 2.45) is 0 Å². The van der Waals surface area contributed by atoms with Gasteiger partial charge in [0.05, 0.1) is 21.2 Å². The molecule has 4 aromatic rings. The monoisotopic (exact) mass is 496 g/mol. The Balaban J connectivity index is 1.42. The molecule has 1 amide bonds. The van der Waals surface area contributed by atoms with E-state index in [1.165, 1.54) is 23.9 Å². The molecule has 0 saturated heterocycles. The summed E-state index contributed by atoms with van der Waals surface area (Å²) in [5.74, 6) is -0.173. The van der Waals surface area contributed by atoms with Gasteiger partial charge in [-0.05, 0) is 62.7 Å². The average molecular weight is 497 g/mol. The Kier molecular flexibility index (Phi) is 6.85. The fraction of sp³-hybridized carbons (Fsp3) is 0.217. The first-order valence-corrected chi connectivity index (χ1v) is 13.0. The molecule has 0 saturated carbocycles. The van der Waals surface area contributed by atoms with E-state index in [1.807, 2.05) is 31.2 Å². The van der Waals surface area contributed by atoms with Crippen LogP contribution in [0, 0.1) is 13.8 Å². The summed E-state index contributed by atoms with van der Waals surface area (Å²) in [7, 11) is -3.87. The van der Waals surface area contributed by atoms with E-state index in [0.29, 0.717) is 28.7 Å². The Morgan fingerprint density at radius 2 is 1.71 bits per heavy atom. The summed E-state index contributed by atoms with van der Waals surface area (Å²) >= 11 is 1.35. The van der Waals surface area contributed by atoms with Crippen LogP contribution in [-0.2, 0) is 14.8 Å². The number of hydrogen-bond donors (Lipinski definition) is 3. The van der Waals surface area contributed by atoms with Gasteiger partial charge in [0, 0.05) is 17.1 Å². The fourth-order valence-electron chi connectivity index (χ4n) is 3.33. The van der Waals surface area contributed by atoms with Crippen molar-refractivity contribution >= 4 is 50.4 Å². The van der Waals surface area contributed by atoms with Crippen LogP contribution in [0.2, 0.25) is 0 Å². The zero-order chi connectivity index (χ0) is 24.3. The molecular formula is C23H24N6O3S2. The van der Waals surface area contributed by atoms with Gasteiger partial charge in [0.2, 0.25) is 11.9 Å². The van der Waals surface area contributed by atoms with Gasteiger partial charge < -0.3 is 10.3 Å². The number of thioether (sulfide) groups is 1. The summed E-state index contributed by atoms with van der Waals surface area (Å²) in [4.78, 5) is 28.8. The van der Waals surface area contributed by atoms with Crippen molar-refractivity contribution in [3.63, 3.8) is 0 Å². The smallest absolute Gasteiger partial charge is 0.264 e. The number of benzene rings is 2. The largest absolute Gasteiger partial charge is 0.333 e. The minimum absolute atomic E-state index is 0.0169. The highest BCUT2D eigenvalue weighted by Gasteiger charge is 2.21. The first-order valence-electron chi connectivity index (χ1n) is 10.6. The van der Waals surface area contributed by atoms with E-state index in [9.17, 15) is 13.2 Å². The highest BCUT2D eigenvalue weighted by atomic mass is 32.2. The molecule has 0 fully saturated rings. The molecule has 0 radical (unpaired) electrons. The summed E-state index contributed by atoms with van der Waals surface area (Å²) in [6, 6.07) is 15.4. The molecular weight excluding hydrogens is 472 g/mol. The van der Waals surface area contributed by atoms with E-state index in [4.69, 9.17) is 0 Å². The number of sulfonamides is 1. The van der Waals surface area contributed by atoms with Crippen LogP contribution in [0.1, 0.15) is 24.7 Å². The topological polar surface area (TPSA) is 130 Å². The van der Waals surface area contributed by atoms with Crippen LogP contribution >= 0.6 is 11.8 Å². The van der Waals surface area contributed by atoms with E-state index in [0.717, 1.165) is 11.0 Å². The van der Waals surface area contributed by atoms with Crippen LogP contribution in [0.3, 0.4) is 0 Å². The normalized spacial score (nSPS) is 12.4. The maximum absolute atomic E-state index is 12.8. The summed E-state index contributed by atoms with van der Waals surface area (Å²) in [6.45, 7) is 5.45. The minimum Gasteiger partial charge on any atom is -0.333 e. The van der Waals surface area contributed by atoms with Gasteiger partial charge in [-0.1, -0.05) is 30.8 Å². The molecule has 0 aliphatic rings. The zero-order valence-electron chi connectivity index (χ0n) is 18.9. The number of carbonyl (C=O) groups excluding carboxylic acids is 1. The van der Waals surface area contributed by atoms with E-state index in [1.54, 1.807) is 32.0 Å². The second-order valence-corrected chi connectivity index (χ2v) is 10.5. The Morgan fingerprint density at radius 3 is 2.35 bits per heavy atom. The highest BCUT2D eigenvalue weighted by Crippen LogP contribution is 2.26. The van der Waals surface area contributed by atoms with E-state index >= 15 is 0 Å². The molecule has 1 unspecified atom stereocenters. The third-order valence-electron chi connectivity index (χ3n) is 4.92. The lowest BCUT2D eigenvalue weighted by Gasteiger charge is -2.14. The molecule has 3 N–H and O–H groups in total. The van der Waals surface area contributed by atoms with Gasteiger partial charge in [-0.25, -0.2) is 28.1 Å². The van der Waals surface area contributed by atoms with Gasteiger partial charge in [-0.2, -0.15) is 0 Å². The van der Waals surface area contributed by atoms with Crippen molar-refractivity contribution in [1.82, 2.24) is 19.9 Å². The molecule has 34 heavy (non-hydrogen) atoms. The number of aromatic nitrogens is 4. The van der Waals surface area contributed by atoms with E-state index < -0.39 is 10.0 Å². The number of hydrogen-bond acceptors (Lipinski definition) is 7. The molecule has 2 aromatic carbocycles. The lowest BCUT2D eigenvalue weighted by molar-refractivity contribution is -0.115. The van der Waals surface area contributed by atoms with Gasteiger partial charge in [0.15, 0.2) is 5.16 Å². The van der Waals surface area contributed by atoms with Crippen molar-refractivity contribution in [3.8, 4) is 0 Å². The molecule has 4 rings (SSSR count). The minimum atomic E-state index is -3.87. The number of para-hydroxylation sites is 2. The number of fused-ring (bicyclic) bond motifs is 1.